The van der Waals surface area contributed by atoms with Crippen molar-refractivity contribution in [3.8, 4) is 11.6 Å². The summed E-state index contributed by atoms with van der Waals surface area (Å²) in [4.78, 5) is 0. The van der Waals surface area contributed by atoms with Gasteiger partial charge < -0.3 is 9.47 Å². The predicted octanol–water partition coefficient (Wildman–Crippen LogP) is 0.746. The van der Waals surface area contributed by atoms with Crippen LogP contribution in [0.2, 0.25) is 0 Å². The summed E-state index contributed by atoms with van der Waals surface area (Å²) in [7, 11) is 3.19. The number of fused-ring (bicyclic) bond motifs is 1. The fourth-order valence-corrected chi connectivity index (χ4v) is 1.15. The smallest absolute Gasteiger partial charge is 0.204 e. The van der Waals surface area contributed by atoms with Gasteiger partial charge in [0, 0.05) is 12.1 Å². The average Bonchev–Trinajstić information content (AvgIpc) is 2.63. The molecule has 0 radical (unpaired) electrons. The Balaban J connectivity index is 2.70. The van der Waals surface area contributed by atoms with Crippen LogP contribution in [0.4, 0.5) is 0 Å². The Labute approximate surface area is 74.9 Å². The number of rotatable bonds is 2. The highest BCUT2D eigenvalue weighted by atomic mass is 16.5. The van der Waals surface area contributed by atoms with Gasteiger partial charge in [0.2, 0.25) is 5.88 Å². The maximum absolute atomic E-state index is 5.13. The third-order valence-corrected chi connectivity index (χ3v) is 1.79. The molecule has 13 heavy (non-hydrogen) atoms. The van der Waals surface area contributed by atoms with Gasteiger partial charge in [0.15, 0.2) is 5.65 Å². The normalized spacial score (nSPS) is 10.3. The highest BCUT2D eigenvalue weighted by Gasteiger charge is 2.04. The Hall–Kier alpha value is -1.78. The van der Waals surface area contributed by atoms with Crippen molar-refractivity contribution in [3.63, 3.8) is 0 Å². The van der Waals surface area contributed by atoms with Gasteiger partial charge in [0.1, 0.15) is 12.1 Å². The van der Waals surface area contributed by atoms with E-state index in [0.29, 0.717) is 17.3 Å². The Bertz CT molecular complexity index is 424. The first kappa shape index (κ1) is 7.85. The summed E-state index contributed by atoms with van der Waals surface area (Å²) in [5.74, 6) is 1.36. The van der Waals surface area contributed by atoms with Crippen LogP contribution in [0, 0.1) is 0 Å². The van der Waals surface area contributed by atoms with Crippen molar-refractivity contribution in [2.45, 2.75) is 0 Å². The van der Waals surface area contributed by atoms with Crippen molar-refractivity contribution in [3.05, 3.63) is 18.5 Å². The molecule has 2 aromatic rings. The van der Waals surface area contributed by atoms with E-state index in [-0.39, 0.29) is 0 Å². The first-order chi connectivity index (χ1) is 6.35. The van der Waals surface area contributed by atoms with E-state index in [1.54, 1.807) is 37.1 Å². The lowest BCUT2D eigenvalue weighted by atomic mass is 10.4. The highest BCUT2D eigenvalue weighted by Crippen LogP contribution is 2.21. The minimum atomic E-state index is 0.652. The minimum absolute atomic E-state index is 0.652. The van der Waals surface area contributed by atoms with Crippen LogP contribution in [0.5, 0.6) is 11.6 Å². The number of ether oxygens (including phenoxy) is 2. The number of pyridine rings is 1. The van der Waals surface area contributed by atoms with Crippen LogP contribution in [0.25, 0.3) is 5.65 Å². The lowest BCUT2D eigenvalue weighted by Crippen LogP contribution is -1.94. The summed E-state index contributed by atoms with van der Waals surface area (Å²) < 4.78 is 11.9. The predicted molar refractivity (Wildman–Crippen MR) is 46.1 cm³/mol. The van der Waals surface area contributed by atoms with Gasteiger partial charge in [0.05, 0.1) is 14.2 Å². The summed E-state index contributed by atoms with van der Waals surface area (Å²) in [6, 6.07) is 3.56. The van der Waals surface area contributed by atoms with E-state index in [2.05, 4.69) is 10.2 Å². The second-order valence-corrected chi connectivity index (χ2v) is 2.50. The van der Waals surface area contributed by atoms with Crippen molar-refractivity contribution in [2.75, 3.05) is 14.2 Å². The summed E-state index contributed by atoms with van der Waals surface area (Å²) in [6.45, 7) is 0. The molecule has 0 spiro atoms. The maximum atomic E-state index is 5.13. The van der Waals surface area contributed by atoms with E-state index in [0.717, 1.165) is 0 Å². The quantitative estimate of drug-likeness (QED) is 0.682. The molecule has 5 nitrogen and oxygen atoms in total. The number of hydrogen-bond donors (Lipinski definition) is 0. The van der Waals surface area contributed by atoms with Crippen LogP contribution in [-0.4, -0.2) is 28.8 Å². The van der Waals surface area contributed by atoms with Gasteiger partial charge in [-0.2, -0.15) is 0 Å². The molecule has 2 aromatic heterocycles. The molecule has 0 amide bonds. The number of hydrogen-bond acceptors (Lipinski definition) is 4. The van der Waals surface area contributed by atoms with Crippen LogP contribution in [-0.2, 0) is 0 Å². The Morgan fingerprint density at radius 1 is 1.23 bits per heavy atom. The second kappa shape index (κ2) is 2.93. The number of nitrogens with zero attached hydrogens (tertiary/aromatic N) is 3. The molecule has 5 heteroatoms. The van der Waals surface area contributed by atoms with Crippen molar-refractivity contribution in [2.24, 2.45) is 0 Å². The van der Waals surface area contributed by atoms with Crippen molar-refractivity contribution < 1.29 is 9.47 Å². The minimum Gasteiger partial charge on any atom is -0.496 e. The topological polar surface area (TPSA) is 48.7 Å². The van der Waals surface area contributed by atoms with Crippen molar-refractivity contribution in [1.82, 2.24) is 14.6 Å². The zero-order valence-corrected chi connectivity index (χ0v) is 7.39. The van der Waals surface area contributed by atoms with E-state index in [4.69, 9.17) is 9.47 Å². The fraction of sp³-hybridized carbons (Fsp3) is 0.250. The van der Waals surface area contributed by atoms with Crippen LogP contribution >= 0.6 is 0 Å². The molecule has 0 atom stereocenters. The Kier molecular flexibility index (Phi) is 1.77. The molecule has 2 heterocycles. The standard InChI is InChI=1S/C8H9N3O2/c1-12-6-3-7-10-9-5-11(7)8(4-6)13-2/h3-5H,1-2H3. The molecular weight excluding hydrogens is 170 g/mol. The van der Waals surface area contributed by atoms with Gasteiger partial charge in [-0.05, 0) is 0 Å². The summed E-state index contributed by atoms with van der Waals surface area (Å²) in [5.41, 5.74) is 0.705. The molecule has 0 aliphatic carbocycles. The third-order valence-electron chi connectivity index (χ3n) is 1.79. The third kappa shape index (κ3) is 1.18. The molecule has 0 aromatic carbocycles. The average molecular weight is 179 g/mol. The van der Waals surface area contributed by atoms with E-state index in [9.17, 15) is 0 Å². The molecule has 0 aliphatic rings. The van der Waals surface area contributed by atoms with Crippen LogP contribution in [0.1, 0.15) is 0 Å². The molecule has 0 fully saturated rings. The lowest BCUT2D eigenvalue weighted by Gasteiger charge is -2.05. The lowest BCUT2D eigenvalue weighted by molar-refractivity contribution is 0.378. The molecular formula is C8H9N3O2. The molecule has 0 saturated carbocycles. The van der Waals surface area contributed by atoms with Crippen LogP contribution in [0.3, 0.4) is 0 Å². The maximum Gasteiger partial charge on any atom is 0.204 e. The monoisotopic (exact) mass is 179 g/mol. The summed E-state index contributed by atoms with van der Waals surface area (Å²) in [5, 5.41) is 7.65. The van der Waals surface area contributed by atoms with Gasteiger partial charge in [-0.3, -0.25) is 4.40 Å². The SMILES string of the molecule is COc1cc(OC)n2cnnc2c1. The first-order valence-corrected chi connectivity index (χ1v) is 3.77. The largest absolute Gasteiger partial charge is 0.496 e. The molecule has 0 aliphatic heterocycles. The van der Waals surface area contributed by atoms with Gasteiger partial charge in [-0.1, -0.05) is 0 Å². The fourth-order valence-electron chi connectivity index (χ4n) is 1.15. The first-order valence-electron chi connectivity index (χ1n) is 3.77. The van der Waals surface area contributed by atoms with Crippen LogP contribution < -0.4 is 9.47 Å². The van der Waals surface area contributed by atoms with E-state index in [1.807, 2.05) is 0 Å². The summed E-state index contributed by atoms with van der Waals surface area (Å²) >= 11 is 0. The van der Waals surface area contributed by atoms with Crippen molar-refractivity contribution in [1.29, 1.82) is 0 Å². The van der Waals surface area contributed by atoms with E-state index < -0.39 is 0 Å². The molecule has 68 valence electrons. The van der Waals surface area contributed by atoms with E-state index in [1.165, 1.54) is 0 Å². The highest BCUT2D eigenvalue weighted by molar-refractivity contribution is 5.47. The van der Waals surface area contributed by atoms with Crippen molar-refractivity contribution >= 4 is 5.65 Å². The molecule has 0 N–H and O–H groups in total. The number of methoxy groups -OCH3 is 2. The molecule has 0 unspecified atom stereocenters. The van der Waals surface area contributed by atoms with Gasteiger partial charge >= 0.3 is 0 Å². The Morgan fingerprint density at radius 3 is 2.77 bits per heavy atom. The van der Waals surface area contributed by atoms with Crippen LogP contribution in [0.15, 0.2) is 18.5 Å². The molecule has 0 bridgehead atoms. The van der Waals surface area contributed by atoms with E-state index >= 15 is 0 Å². The molecule has 0 saturated heterocycles. The summed E-state index contributed by atoms with van der Waals surface area (Å²) in [6.07, 6.45) is 1.59. The second-order valence-electron chi connectivity index (χ2n) is 2.50. The van der Waals surface area contributed by atoms with Gasteiger partial charge in [-0.15, -0.1) is 10.2 Å². The molecule has 2 rings (SSSR count). The zero-order chi connectivity index (χ0) is 9.26. The van der Waals surface area contributed by atoms with Gasteiger partial charge in [-0.25, -0.2) is 0 Å². The Morgan fingerprint density at radius 2 is 2.08 bits per heavy atom. The van der Waals surface area contributed by atoms with Gasteiger partial charge in [0.25, 0.3) is 0 Å². The number of aromatic nitrogens is 3. The zero-order valence-electron chi connectivity index (χ0n) is 7.39.